The van der Waals surface area contributed by atoms with Crippen LogP contribution in [0.15, 0.2) is 48.0 Å². The molecule has 1 atom stereocenters. The molecule has 0 aromatic heterocycles. The first-order valence-electron chi connectivity index (χ1n) is 6.31. The van der Waals surface area contributed by atoms with Gasteiger partial charge in [0.1, 0.15) is 0 Å². The van der Waals surface area contributed by atoms with Gasteiger partial charge in [0, 0.05) is 6.54 Å². The topological polar surface area (TPSA) is 23.5 Å². The van der Waals surface area contributed by atoms with Crippen LogP contribution >= 0.6 is 0 Å². The standard InChI is InChI=1S/C14H19BNO/c17-14-10-7-11-16(12-14)15-13-8-5-3-1-2-4-6-9-13/h1-3,5-6,8-9,14,17H,4,7,10-12H2/b2-1-,5-3-,9-6?,13-8+. The Kier molecular flexibility index (Phi) is 4.83. The molecule has 0 amide bonds. The average Bonchev–Trinajstić information content (AvgIpc) is 2.43. The fourth-order valence-electron chi connectivity index (χ4n) is 2.12. The quantitative estimate of drug-likeness (QED) is 0.731. The van der Waals surface area contributed by atoms with Crippen molar-refractivity contribution in [3.63, 3.8) is 0 Å². The number of aliphatic hydroxyl groups excluding tert-OH is 1. The molecule has 1 radical (unpaired) electrons. The molecule has 1 fully saturated rings. The van der Waals surface area contributed by atoms with E-state index in [1.807, 2.05) is 6.08 Å². The second-order valence-electron chi connectivity index (χ2n) is 4.54. The minimum absolute atomic E-state index is 0.168. The Bertz CT molecular complexity index is 357. The van der Waals surface area contributed by atoms with Gasteiger partial charge in [-0.15, -0.1) is 0 Å². The summed E-state index contributed by atoms with van der Waals surface area (Å²) in [6, 6.07) is 0. The Morgan fingerprint density at radius 2 is 2.18 bits per heavy atom. The van der Waals surface area contributed by atoms with E-state index in [9.17, 15) is 5.11 Å². The Morgan fingerprint density at radius 1 is 1.24 bits per heavy atom. The van der Waals surface area contributed by atoms with E-state index in [4.69, 9.17) is 0 Å². The minimum atomic E-state index is -0.168. The van der Waals surface area contributed by atoms with Crippen molar-refractivity contribution in [3.8, 4) is 0 Å². The first-order valence-corrected chi connectivity index (χ1v) is 6.31. The Morgan fingerprint density at radius 3 is 3.06 bits per heavy atom. The van der Waals surface area contributed by atoms with Crippen molar-refractivity contribution in [2.75, 3.05) is 13.1 Å². The van der Waals surface area contributed by atoms with Crippen molar-refractivity contribution in [1.29, 1.82) is 0 Å². The molecular formula is C14H19BNO. The number of β-amino-alcohol motifs (C(OH)–C–C–N with tert-alkyl or cyclic N) is 1. The summed E-state index contributed by atoms with van der Waals surface area (Å²) < 4.78 is 0. The van der Waals surface area contributed by atoms with E-state index in [1.165, 1.54) is 5.47 Å². The molecule has 89 valence electrons. The third-order valence-corrected chi connectivity index (χ3v) is 2.99. The summed E-state index contributed by atoms with van der Waals surface area (Å²) in [5.41, 5.74) is 1.19. The van der Waals surface area contributed by atoms with Gasteiger partial charge in [-0.3, -0.25) is 0 Å². The van der Waals surface area contributed by atoms with Crippen molar-refractivity contribution in [2.24, 2.45) is 0 Å². The van der Waals surface area contributed by atoms with Crippen LogP contribution in [-0.2, 0) is 0 Å². The molecular weight excluding hydrogens is 209 g/mol. The Balaban J connectivity index is 1.94. The number of piperidine rings is 1. The van der Waals surface area contributed by atoms with Gasteiger partial charge in [-0.05, 0) is 25.8 Å². The van der Waals surface area contributed by atoms with Gasteiger partial charge in [0.2, 0.25) is 7.41 Å². The van der Waals surface area contributed by atoms with E-state index in [-0.39, 0.29) is 6.10 Å². The fraction of sp³-hybridized carbons (Fsp3) is 0.429. The molecule has 1 saturated heterocycles. The maximum absolute atomic E-state index is 9.63. The Labute approximate surface area is 104 Å². The number of allylic oxidation sites excluding steroid dienone is 8. The lowest BCUT2D eigenvalue weighted by molar-refractivity contribution is 0.108. The van der Waals surface area contributed by atoms with Crippen LogP contribution in [0.5, 0.6) is 0 Å². The summed E-state index contributed by atoms with van der Waals surface area (Å²) in [5, 5.41) is 9.63. The van der Waals surface area contributed by atoms with Gasteiger partial charge in [-0.1, -0.05) is 48.0 Å². The predicted octanol–water partition coefficient (Wildman–Crippen LogP) is 2.02. The van der Waals surface area contributed by atoms with Crippen molar-refractivity contribution < 1.29 is 5.11 Å². The molecule has 17 heavy (non-hydrogen) atoms. The molecule has 2 nitrogen and oxygen atoms in total. The Hall–Kier alpha value is -1.06. The van der Waals surface area contributed by atoms with Gasteiger partial charge in [0.25, 0.3) is 0 Å². The van der Waals surface area contributed by atoms with Gasteiger partial charge < -0.3 is 9.92 Å². The summed E-state index contributed by atoms with van der Waals surface area (Å²) in [4.78, 5) is 2.21. The van der Waals surface area contributed by atoms with Crippen molar-refractivity contribution in [1.82, 2.24) is 4.81 Å². The number of hydrogen-bond donors (Lipinski definition) is 1. The molecule has 0 spiro atoms. The molecule has 0 saturated carbocycles. The van der Waals surface area contributed by atoms with Crippen LogP contribution in [0.4, 0.5) is 0 Å². The zero-order valence-electron chi connectivity index (χ0n) is 10.1. The van der Waals surface area contributed by atoms with E-state index in [0.29, 0.717) is 0 Å². The van der Waals surface area contributed by atoms with Gasteiger partial charge in [-0.25, -0.2) is 0 Å². The minimum Gasteiger partial charge on any atom is -0.392 e. The maximum Gasteiger partial charge on any atom is 0.247 e. The molecule has 1 unspecified atom stereocenters. The van der Waals surface area contributed by atoms with Crippen LogP contribution in [0.2, 0.25) is 0 Å². The molecule has 0 bridgehead atoms. The van der Waals surface area contributed by atoms with Crippen LogP contribution in [-0.4, -0.2) is 36.5 Å². The first-order chi connectivity index (χ1) is 8.34. The second kappa shape index (κ2) is 6.62. The van der Waals surface area contributed by atoms with Crippen LogP contribution in [0.25, 0.3) is 0 Å². The molecule has 1 aliphatic carbocycles. The summed E-state index contributed by atoms with van der Waals surface area (Å²) in [6.07, 6.45) is 17.5. The van der Waals surface area contributed by atoms with Crippen LogP contribution in [0.3, 0.4) is 0 Å². The molecule has 2 aliphatic rings. The number of hydrogen-bond acceptors (Lipinski definition) is 2. The van der Waals surface area contributed by atoms with Gasteiger partial charge in [-0.2, -0.15) is 0 Å². The molecule has 1 heterocycles. The number of nitrogens with zero attached hydrogens (tertiary/aromatic N) is 1. The highest BCUT2D eigenvalue weighted by Gasteiger charge is 2.18. The van der Waals surface area contributed by atoms with Crippen molar-refractivity contribution in [2.45, 2.75) is 25.4 Å². The molecule has 1 aliphatic heterocycles. The third-order valence-electron chi connectivity index (χ3n) is 2.99. The van der Waals surface area contributed by atoms with Gasteiger partial charge in [0.15, 0.2) is 0 Å². The third kappa shape index (κ3) is 4.37. The van der Waals surface area contributed by atoms with Gasteiger partial charge >= 0.3 is 0 Å². The second-order valence-corrected chi connectivity index (χ2v) is 4.54. The van der Waals surface area contributed by atoms with E-state index in [2.05, 4.69) is 48.7 Å². The number of aliphatic hydroxyl groups is 1. The summed E-state index contributed by atoms with van der Waals surface area (Å²) in [5.74, 6) is 0. The summed E-state index contributed by atoms with van der Waals surface area (Å²) >= 11 is 0. The number of rotatable bonds is 2. The first kappa shape index (κ1) is 12.4. The molecule has 0 aromatic rings. The normalized spacial score (nSPS) is 32.8. The SMILES string of the molecule is OC1CCCN([B]/C2=C/C=C\C=C/CC=C2)C1. The molecule has 2 rings (SSSR count). The van der Waals surface area contributed by atoms with E-state index >= 15 is 0 Å². The van der Waals surface area contributed by atoms with Crippen LogP contribution < -0.4 is 0 Å². The van der Waals surface area contributed by atoms with Crippen molar-refractivity contribution in [3.05, 3.63) is 48.0 Å². The smallest absolute Gasteiger partial charge is 0.247 e. The zero-order valence-corrected chi connectivity index (χ0v) is 10.1. The summed E-state index contributed by atoms with van der Waals surface area (Å²) in [7, 11) is 2.15. The largest absolute Gasteiger partial charge is 0.392 e. The van der Waals surface area contributed by atoms with E-state index in [1.54, 1.807) is 0 Å². The highest BCUT2D eigenvalue weighted by atomic mass is 16.3. The van der Waals surface area contributed by atoms with Crippen LogP contribution in [0, 0.1) is 0 Å². The lowest BCUT2D eigenvalue weighted by atomic mass is 9.77. The summed E-state index contributed by atoms with van der Waals surface area (Å²) in [6.45, 7) is 1.80. The van der Waals surface area contributed by atoms with Crippen molar-refractivity contribution >= 4 is 7.41 Å². The van der Waals surface area contributed by atoms with Crippen LogP contribution in [0.1, 0.15) is 19.3 Å². The zero-order chi connectivity index (χ0) is 11.9. The molecule has 3 heteroatoms. The lowest BCUT2D eigenvalue weighted by Gasteiger charge is -2.29. The maximum atomic E-state index is 9.63. The highest BCUT2D eigenvalue weighted by molar-refractivity contribution is 6.43. The van der Waals surface area contributed by atoms with E-state index < -0.39 is 0 Å². The fourth-order valence-corrected chi connectivity index (χ4v) is 2.12. The van der Waals surface area contributed by atoms with E-state index in [0.717, 1.165) is 32.4 Å². The molecule has 0 aromatic carbocycles. The molecule has 1 N–H and O–H groups in total. The average molecular weight is 228 g/mol. The highest BCUT2D eigenvalue weighted by Crippen LogP contribution is 2.11. The van der Waals surface area contributed by atoms with Gasteiger partial charge in [0.05, 0.1) is 6.10 Å². The monoisotopic (exact) mass is 228 g/mol. The lowest BCUT2D eigenvalue weighted by Crippen LogP contribution is -2.41. The predicted molar refractivity (Wildman–Crippen MR) is 72.7 cm³/mol.